The van der Waals surface area contributed by atoms with Crippen LogP contribution in [0.1, 0.15) is 5.56 Å². The third kappa shape index (κ3) is 4.19. The van der Waals surface area contributed by atoms with Crippen LogP contribution >= 0.6 is 11.3 Å². The van der Waals surface area contributed by atoms with Crippen molar-refractivity contribution in [1.82, 2.24) is 40.0 Å². The highest BCUT2D eigenvalue weighted by atomic mass is 32.1. The number of hydrogen-bond acceptors (Lipinski definition) is 12. The van der Waals surface area contributed by atoms with Gasteiger partial charge in [0, 0.05) is 76.7 Å². The molecule has 6 aromatic heterocycles. The summed E-state index contributed by atoms with van der Waals surface area (Å²) in [4.78, 5) is 35.5. The van der Waals surface area contributed by atoms with Crippen molar-refractivity contribution in [2.24, 2.45) is 0 Å². The number of pyridine rings is 1. The molecule has 1 aliphatic rings. The molecule has 0 unspecified atom stereocenters. The molecule has 11 nitrogen and oxygen atoms in total. The molecular weight excluding hydrogens is 599 g/mol. The summed E-state index contributed by atoms with van der Waals surface area (Å²) in [6.45, 7) is 0.770. The lowest BCUT2D eigenvalue weighted by Crippen LogP contribution is -2.15. The van der Waals surface area contributed by atoms with Gasteiger partial charge in [0.05, 0.1) is 34.9 Å². The van der Waals surface area contributed by atoms with Crippen molar-refractivity contribution in [3.05, 3.63) is 109 Å². The highest BCUT2D eigenvalue weighted by Crippen LogP contribution is 2.52. The molecule has 0 saturated carbocycles. The van der Waals surface area contributed by atoms with Gasteiger partial charge in [-0.15, -0.1) is 11.3 Å². The van der Waals surface area contributed by atoms with Gasteiger partial charge in [-0.05, 0) is 30.2 Å². The minimum atomic E-state index is 0.408. The van der Waals surface area contributed by atoms with Crippen molar-refractivity contribution in [1.29, 1.82) is 0 Å². The van der Waals surface area contributed by atoms with Gasteiger partial charge in [0.2, 0.25) is 5.89 Å². The number of rotatable bonds is 6. The summed E-state index contributed by atoms with van der Waals surface area (Å²) in [6.07, 6.45) is 15.9. The zero-order chi connectivity index (χ0) is 30.5. The molecule has 7 heterocycles. The maximum absolute atomic E-state index is 6.10. The maximum Gasteiger partial charge on any atom is 0.227 e. The Bertz CT molecular complexity index is 2310. The molecule has 0 amide bonds. The fourth-order valence-electron chi connectivity index (χ4n) is 6.20. The van der Waals surface area contributed by atoms with E-state index in [-0.39, 0.29) is 0 Å². The van der Waals surface area contributed by atoms with Crippen molar-refractivity contribution in [2.45, 2.75) is 6.42 Å². The molecule has 0 spiro atoms. The van der Waals surface area contributed by atoms with Gasteiger partial charge in [-0.25, -0.2) is 24.9 Å². The van der Waals surface area contributed by atoms with Gasteiger partial charge in [-0.3, -0.25) is 9.97 Å². The van der Waals surface area contributed by atoms with Crippen LogP contribution in [0.4, 0.5) is 11.4 Å². The van der Waals surface area contributed by atoms with Crippen LogP contribution in [-0.2, 0) is 6.42 Å². The Balaban J connectivity index is 1.51. The fraction of sp³-hybridized carbons (Fsp3) is 0.0588. The van der Waals surface area contributed by atoms with E-state index in [1.54, 1.807) is 62.0 Å². The van der Waals surface area contributed by atoms with Crippen molar-refractivity contribution < 1.29 is 8.94 Å². The third-order valence-electron chi connectivity index (χ3n) is 8.02. The standard InChI is InChI=1S/C34H21N9O2S/c1-2-5-24-20(4-1)6-14-43(24)25-18-22-27(29(33-39-12-16-44-33)26(25)21-7-15-45-42-21)30(34-40-13-17-46-34)28(23-19-35-10-11-36-23)31(41-22)32-37-8-3-9-38-32/h1-5,7-13,15-19H,6,14H2. The SMILES string of the molecule is c1cnc(-c2nc3cc(N4CCc5ccccc54)c(-c4ccon4)c(-c4ncco4)c3c(-c3nccs3)c2-c2cnccn2)nc1. The van der Waals surface area contributed by atoms with Gasteiger partial charge >= 0.3 is 0 Å². The normalized spacial score (nSPS) is 12.6. The Morgan fingerprint density at radius 2 is 1.67 bits per heavy atom. The Morgan fingerprint density at radius 1 is 0.739 bits per heavy atom. The van der Waals surface area contributed by atoms with Gasteiger partial charge in [0.25, 0.3) is 0 Å². The number of hydrogen-bond donors (Lipinski definition) is 0. The second-order valence-corrected chi connectivity index (χ2v) is 11.4. The predicted octanol–water partition coefficient (Wildman–Crippen LogP) is 7.28. The lowest BCUT2D eigenvalue weighted by Gasteiger charge is -2.26. The Hall–Kier alpha value is -6.14. The minimum absolute atomic E-state index is 0.408. The van der Waals surface area contributed by atoms with E-state index in [2.05, 4.69) is 60.3 Å². The Labute approximate surface area is 265 Å². The van der Waals surface area contributed by atoms with E-state index in [9.17, 15) is 0 Å². The highest BCUT2D eigenvalue weighted by Gasteiger charge is 2.33. The molecule has 1 aliphatic heterocycles. The minimum Gasteiger partial charge on any atom is -0.444 e. The van der Waals surface area contributed by atoms with E-state index >= 15 is 0 Å². The third-order valence-corrected chi connectivity index (χ3v) is 8.81. The van der Waals surface area contributed by atoms with Crippen LogP contribution in [0, 0.1) is 0 Å². The van der Waals surface area contributed by atoms with Crippen LogP contribution in [0.3, 0.4) is 0 Å². The second-order valence-electron chi connectivity index (χ2n) is 10.5. The Morgan fingerprint density at radius 3 is 2.46 bits per heavy atom. The summed E-state index contributed by atoms with van der Waals surface area (Å²) in [5.41, 5.74) is 8.73. The summed E-state index contributed by atoms with van der Waals surface area (Å²) in [5.74, 6) is 0.861. The second kappa shape index (κ2) is 10.8. The highest BCUT2D eigenvalue weighted by molar-refractivity contribution is 7.13. The van der Waals surface area contributed by atoms with E-state index in [4.69, 9.17) is 23.9 Å². The van der Waals surface area contributed by atoms with Crippen molar-refractivity contribution in [3.63, 3.8) is 0 Å². The largest absolute Gasteiger partial charge is 0.444 e. The van der Waals surface area contributed by atoms with E-state index in [0.717, 1.165) is 45.9 Å². The molecule has 12 heteroatoms. The first-order chi connectivity index (χ1) is 22.8. The average molecular weight is 620 g/mol. The van der Waals surface area contributed by atoms with Gasteiger partial charge in [-0.2, -0.15) is 0 Å². The lowest BCUT2D eigenvalue weighted by atomic mass is 9.89. The summed E-state index contributed by atoms with van der Waals surface area (Å²) in [7, 11) is 0. The van der Waals surface area contributed by atoms with Gasteiger partial charge in [0.1, 0.15) is 28.9 Å². The topological polar surface area (TPSA) is 133 Å². The van der Waals surface area contributed by atoms with Crippen molar-refractivity contribution in [2.75, 3.05) is 11.4 Å². The number of fused-ring (bicyclic) bond motifs is 2. The maximum atomic E-state index is 6.10. The molecule has 8 aromatic rings. The molecule has 9 rings (SSSR count). The molecule has 0 atom stereocenters. The van der Waals surface area contributed by atoms with E-state index in [1.165, 1.54) is 16.9 Å². The Kier molecular flexibility index (Phi) is 6.16. The molecular formula is C34H21N9O2S. The quantitative estimate of drug-likeness (QED) is 0.186. The first kappa shape index (κ1) is 26.3. The number of benzene rings is 2. The predicted molar refractivity (Wildman–Crippen MR) is 173 cm³/mol. The molecule has 220 valence electrons. The molecule has 0 saturated heterocycles. The number of nitrogens with zero attached hydrogens (tertiary/aromatic N) is 9. The molecule has 46 heavy (non-hydrogen) atoms. The number of oxazole rings is 1. The fourth-order valence-corrected chi connectivity index (χ4v) is 6.89. The van der Waals surface area contributed by atoms with Crippen LogP contribution in [0.15, 0.2) is 113 Å². The average Bonchev–Trinajstić information content (AvgIpc) is 3.96. The molecule has 0 aliphatic carbocycles. The molecule has 0 N–H and O–H groups in total. The van der Waals surface area contributed by atoms with Crippen molar-refractivity contribution >= 4 is 33.6 Å². The van der Waals surface area contributed by atoms with E-state index in [0.29, 0.717) is 45.4 Å². The smallest absolute Gasteiger partial charge is 0.227 e. The number of para-hydroxylation sites is 1. The number of aromatic nitrogens is 8. The first-order valence-electron chi connectivity index (χ1n) is 14.5. The molecule has 0 radical (unpaired) electrons. The molecule has 0 fully saturated rings. The first-order valence-corrected chi connectivity index (χ1v) is 15.4. The van der Waals surface area contributed by atoms with E-state index in [1.807, 2.05) is 11.4 Å². The molecule has 0 bridgehead atoms. The van der Waals surface area contributed by atoms with Crippen LogP contribution in [0.25, 0.3) is 67.0 Å². The summed E-state index contributed by atoms with van der Waals surface area (Å²) >= 11 is 1.51. The van der Waals surface area contributed by atoms with Crippen LogP contribution < -0.4 is 4.90 Å². The zero-order valence-corrected chi connectivity index (χ0v) is 24.8. The van der Waals surface area contributed by atoms with E-state index < -0.39 is 0 Å². The lowest BCUT2D eigenvalue weighted by molar-refractivity contribution is 0.422. The summed E-state index contributed by atoms with van der Waals surface area (Å²) in [5, 5.41) is 7.91. The van der Waals surface area contributed by atoms with Gasteiger partial charge in [-0.1, -0.05) is 23.4 Å². The summed E-state index contributed by atoms with van der Waals surface area (Å²) < 4.78 is 11.5. The number of thiazole rings is 1. The zero-order valence-electron chi connectivity index (χ0n) is 24.0. The molecule has 2 aromatic carbocycles. The monoisotopic (exact) mass is 619 g/mol. The van der Waals surface area contributed by atoms with Crippen molar-refractivity contribution in [3.8, 4) is 56.1 Å². The van der Waals surface area contributed by atoms with Crippen LogP contribution in [-0.4, -0.2) is 46.6 Å². The number of anilines is 2. The summed E-state index contributed by atoms with van der Waals surface area (Å²) in [6, 6.07) is 14.2. The van der Waals surface area contributed by atoms with Gasteiger partial charge < -0.3 is 13.8 Å². The van der Waals surface area contributed by atoms with Crippen LogP contribution in [0.2, 0.25) is 0 Å². The van der Waals surface area contributed by atoms with Gasteiger partial charge in [0.15, 0.2) is 5.82 Å². The van der Waals surface area contributed by atoms with Crippen LogP contribution in [0.5, 0.6) is 0 Å².